The molecule has 0 radical (unpaired) electrons. The van der Waals surface area contributed by atoms with Gasteiger partial charge in [-0.3, -0.25) is 4.31 Å². The van der Waals surface area contributed by atoms with Gasteiger partial charge in [-0.1, -0.05) is 0 Å². The van der Waals surface area contributed by atoms with Gasteiger partial charge in [-0.05, 0) is 51.1 Å². The molecular weight excluding hydrogens is 297 g/mol. The number of benzene rings is 1. The molecule has 0 aliphatic heterocycles. The van der Waals surface area contributed by atoms with Crippen molar-refractivity contribution in [3.63, 3.8) is 0 Å². The van der Waals surface area contributed by atoms with Crippen LogP contribution in [0.25, 0.3) is 0 Å². The number of anilines is 1. The predicted molar refractivity (Wildman–Crippen MR) is 80.4 cm³/mol. The SMILES string of the molecule is CCN(c1ccc(F)cc1)S(=O)(=O)c1cc(C)sc1C. The first-order chi connectivity index (χ1) is 9.36. The molecule has 6 heteroatoms. The number of thiophene rings is 1. The van der Waals surface area contributed by atoms with E-state index in [9.17, 15) is 12.8 Å². The Morgan fingerprint density at radius 1 is 1.20 bits per heavy atom. The van der Waals surface area contributed by atoms with Crippen molar-refractivity contribution in [2.45, 2.75) is 25.7 Å². The quantitative estimate of drug-likeness (QED) is 0.862. The minimum atomic E-state index is -3.61. The normalized spacial score (nSPS) is 11.6. The number of aryl methyl sites for hydroxylation is 2. The van der Waals surface area contributed by atoms with E-state index in [1.807, 2.05) is 6.92 Å². The van der Waals surface area contributed by atoms with Crippen molar-refractivity contribution in [1.29, 1.82) is 0 Å². The molecule has 0 saturated heterocycles. The van der Waals surface area contributed by atoms with E-state index >= 15 is 0 Å². The van der Waals surface area contributed by atoms with Gasteiger partial charge in [0.05, 0.1) is 5.69 Å². The van der Waals surface area contributed by atoms with E-state index < -0.39 is 10.0 Å². The highest BCUT2D eigenvalue weighted by molar-refractivity contribution is 7.93. The minimum absolute atomic E-state index is 0.294. The van der Waals surface area contributed by atoms with Gasteiger partial charge in [0.15, 0.2) is 0 Å². The monoisotopic (exact) mass is 313 g/mol. The number of rotatable bonds is 4. The number of hydrogen-bond donors (Lipinski definition) is 0. The fraction of sp³-hybridized carbons (Fsp3) is 0.286. The molecular formula is C14H16FNO2S2. The number of halogens is 1. The molecule has 0 amide bonds. The van der Waals surface area contributed by atoms with Crippen molar-refractivity contribution < 1.29 is 12.8 Å². The van der Waals surface area contributed by atoms with Gasteiger partial charge in [0, 0.05) is 16.3 Å². The summed E-state index contributed by atoms with van der Waals surface area (Å²) in [5.41, 5.74) is 0.470. The molecule has 3 nitrogen and oxygen atoms in total. The Morgan fingerprint density at radius 3 is 2.25 bits per heavy atom. The number of sulfonamides is 1. The Balaban J connectivity index is 2.50. The van der Waals surface area contributed by atoms with Crippen molar-refractivity contribution in [2.24, 2.45) is 0 Å². The van der Waals surface area contributed by atoms with Gasteiger partial charge in [-0.25, -0.2) is 12.8 Å². The zero-order chi connectivity index (χ0) is 14.9. The maximum absolute atomic E-state index is 13.0. The van der Waals surface area contributed by atoms with Crippen LogP contribution >= 0.6 is 11.3 Å². The third-order valence-electron chi connectivity index (χ3n) is 2.97. The Hall–Kier alpha value is -1.40. The topological polar surface area (TPSA) is 37.4 Å². The molecule has 1 aromatic heterocycles. The fourth-order valence-corrected chi connectivity index (χ4v) is 5.08. The molecule has 0 N–H and O–H groups in total. The van der Waals surface area contributed by atoms with Crippen LogP contribution in [-0.4, -0.2) is 15.0 Å². The van der Waals surface area contributed by atoms with Crippen LogP contribution in [0.1, 0.15) is 16.7 Å². The van der Waals surface area contributed by atoms with Crippen molar-refractivity contribution >= 4 is 27.0 Å². The highest BCUT2D eigenvalue weighted by atomic mass is 32.2. The molecule has 0 saturated carbocycles. The summed E-state index contributed by atoms with van der Waals surface area (Å²) in [6, 6.07) is 7.16. The summed E-state index contributed by atoms with van der Waals surface area (Å²) in [7, 11) is -3.61. The van der Waals surface area contributed by atoms with Crippen molar-refractivity contribution in [1.82, 2.24) is 0 Å². The highest BCUT2D eigenvalue weighted by Crippen LogP contribution is 2.30. The van der Waals surface area contributed by atoms with E-state index in [1.54, 1.807) is 19.9 Å². The average molecular weight is 313 g/mol. The van der Waals surface area contributed by atoms with E-state index in [1.165, 1.54) is 39.9 Å². The van der Waals surface area contributed by atoms with Crippen LogP contribution in [0, 0.1) is 19.7 Å². The zero-order valence-corrected chi connectivity index (χ0v) is 13.2. The molecule has 2 rings (SSSR count). The molecule has 2 aromatic rings. The Kier molecular flexibility index (Phi) is 4.15. The first kappa shape index (κ1) is 15.0. The van der Waals surface area contributed by atoms with Gasteiger partial charge >= 0.3 is 0 Å². The van der Waals surface area contributed by atoms with Gasteiger partial charge in [0.25, 0.3) is 10.0 Å². The molecule has 0 aliphatic rings. The molecule has 108 valence electrons. The van der Waals surface area contributed by atoms with Gasteiger partial charge < -0.3 is 0 Å². The number of hydrogen-bond acceptors (Lipinski definition) is 3. The van der Waals surface area contributed by atoms with E-state index in [4.69, 9.17) is 0 Å². The van der Waals surface area contributed by atoms with Crippen LogP contribution < -0.4 is 4.31 Å². The summed E-state index contributed by atoms with van der Waals surface area (Å²) >= 11 is 1.46. The van der Waals surface area contributed by atoms with Crippen LogP contribution in [0.3, 0.4) is 0 Å². The highest BCUT2D eigenvalue weighted by Gasteiger charge is 2.26. The van der Waals surface area contributed by atoms with Crippen LogP contribution in [0.15, 0.2) is 35.2 Å². The molecule has 0 atom stereocenters. The van der Waals surface area contributed by atoms with Gasteiger partial charge in [0.1, 0.15) is 10.7 Å². The van der Waals surface area contributed by atoms with E-state index in [2.05, 4.69) is 0 Å². The summed E-state index contributed by atoms with van der Waals surface area (Å²) in [6.07, 6.45) is 0. The molecule has 0 aliphatic carbocycles. The lowest BCUT2D eigenvalue weighted by Gasteiger charge is -2.22. The lowest BCUT2D eigenvalue weighted by Crippen LogP contribution is -2.30. The summed E-state index contributed by atoms with van der Waals surface area (Å²) < 4.78 is 39.7. The second-order valence-electron chi connectivity index (χ2n) is 4.42. The van der Waals surface area contributed by atoms with Gasteiger partial charge in [-0.15, -0.1) is 11.3 Å². The minimum Gasteiger partial charge on any atom is -0.267 e. The van der Waals surface area contributed by atoms with Crippen molar-refractivity contribution in [2.75, 3.05) is 10.8 Å². The zero-order valence-electron chi connectivity index (χ0n) is 11.6. The maximum Gasteiger partial charge on any atom is 0.265 e. The average Bonchev–Trinajstić information content (AvgIpc) is 2.72. The molecule has 0 unspecified atom stereocenters. The van der Waals surface area contributed by atoms with Crippen LogP contribution in [0.4, 0.5) is 10.1 Å². The largest absolute Gasteiger partial charge is 0.267 e. The molecule has 0 bridgehead atoms. The predicted octanol–water partition coefficient (Wildman–Crippen LogP) is 3.72. The van der Waals surface area contributed by atoms with E-state index in [-0.39, 0.29) is 5.82 Å². The maximum atomic E-state index is 13.0. The van der Waals surface area contributed by atoms with Crippen molar-refractivity contribution in [3.05, 3.63) is 45.9 Å². The Morgan fingerprint density at radius 2 is 1.80 bits per heavy atom. The first-order valence-corrected chi connectivity index (χ1v) is 8.47. The molecule has 1 aromatic carbocycles. The molecule has 20 heavy (non-hydrogen) atoms. The van der Waals surface area contributed by atoms with E-state index in [0.717, 1.165) is 9.75 Å². The Bertz CT molecular complexity index is 705. The Labute approximate surface area is 122 Å². The van der Waals surface area contributed by atoms with Crippen molar-refractivity contribution in [3.8, 4) is 0 Å². The smallest absolute Gasteiger partial charge is 0.265 e. The third kappa shape index (κ3) is 2.71. The summed E-state index contributed by atoms with van der Waals surface area (Å²) in [6.45, 7) is 5.73. The summed E-state index contributed by atoms with van der Waals surface area (Å²) in [4.78, 5) is 2.05. The molecule has 1 heterocycles. The molecule has 0 spiro atoms. The van der Waals surface area contributed by atoms with Gasteiger partial charge in [-0.2, -0.15) is 0 Å². The van der Waals surface area contributed by atoms with Crippen LogP contribution in [0.2, 0.25) is 0 Å². The molecule has 0 fully saturated rings. The summed E-state index contributed by atoms with van der Waals surface area (Å²) in [5.74, 6) is -0.384. The third-order valence-corrected chi connectivity index (χ3v) is 6.09. The van der Waals surface area contributed by atoms with E-state index in [0.29, 0.717) is 17.1 Å². The summed E-state index contributed by atoms with van der Waals surface area (Å²) in [5, 5.41) is 0. The van der Waals surface area contributed by atoms with Crippen LogP contribution in [-0.2, 0) is 10.0 Å². The second kappa shape index (κ2) is 5.54. The standard InChI is InChI=1S/C14H16FNO2S2/c1-4-16(13-7-5-12(15)6-8-13)20(17,18)14-9-10(2)19-11(14)3/h5-9H,4H2,1-3H3. The lowest BCUT2D eigenvalue weighted by molar-refractivity contribution is 0.591. The fourth-order valence-electron chi connectivity index (χ4n) is 2.08. The number of nitrogens with zero attached hydrogens (tertiary/aromatic N) is 1. The lowest BCUT2D eigenvalue weighted by atomic mass is 10.3. The van der Waals surface area contributed by atoms with Crippen LogP contribution in [0.5, 0.6) is 0 Å². The second-order valence-corrected chi connectivity index (χ2v) is 7.71. The first-order valence-electron chi connectivity index (χ1n) is 6.21. The van der Waals surface area contributed by atoms with Gasteiger partial charge in [0.2, 0.25) is 0 Å².